The second kappa shape index (κ2) is 14.5. The Morgan fingerprint density at radius 3 is 1.66 bits per heavy atom. The van der Waals surface area contributed by atoms with Gasteiger partial charge in [-0.15, -0.1) is 11.3 Å². The molecule has 1 aromatic heterocycles. The van der Waals surface area contributed by atoms with E-state index in [1.807, 2.05) is 11.3 Å². The molecule has 6 aromatic carbocycles. The Bertz CT molecular complexity index is 3000. The summed E-state index contributed by atoms with van der Waals surface area (Å²) in [6.45, 7) is 33.6. The van der Waals surface area contributed by atoms with Crippen LogP contribution in [0.15, 0.2) is 103 Å². The van der Waals surface area contributed by atoms with E-state index >= 15 is 0 Å². The molecule has 0 saturated heterocycles. The van der Waals surface area contributed by atoms with Crippen molar-refractivity contribution < 1.29 is 9.47 Å². The van der Waals surface area contributed by atoms with Crippen LogP contribution < -0.4 is 35.0 Å². The monoisotopic (exact) mass is 862 g/mol. The van der Waals surface area contributed by atoms with E-state index in [9.17, 15) is 0 Å². The lowest BCUT2D eigenvalue weighted by atomic mass is 9.36. The molecule has 4 nitrogen and oxygen atoms in total. The van der Waals surface area contributed by atoms with Crippen LogP contribution in [0.1, 0.15) is 116 Å². The Labute approximate surface area is 386 Å². The number of anilines is 6. The van der Waals surface area contributed by atoms with Gasteiger partial charge in [-0.05, 0) is 128 Å². The zero-order valence-corrected chi connectivity index (χ0v) is 41.2. The number of hydrogen-bond acceptors (Lipinski definition) is 5. The van der Waals surface area contributed by atoms with E-state index in [0.717, 1.165) is 22.9 Å². The summed E-state index contributed by atoms with van der Waals surface area (Å²) in [6, 6.07) is 39.8. The average Bonchev–Trinajstić information content (AvgIpc) is 3.61. The predicted molar refractivity (Wildman–Crippen MR) is 277 cm³/mol. The van der Waals surface area contributed by atoms with E-state index < -0.39 is 0 Å². The number of benzene rings is 6. The molecule has 0 radical (unpaired) electrons. The quantitative estimate of drug-likeness (QED) is 0.165. The van der Waals surface area contributed by atoms with Crippen LogP contribution in [0.4, 0.5) is 34.1 Å². The Morgan fingerprint density at radius 1 is 0.500 bits per heavy atom. The van der Waals surface area contributed by atoms with Gasteiger partial charge in [0.05, 0.1) is 17.1 Å². The lowest BCUT2D eigenvalue weighted by Gasteiger charge is -2.45. The fourth-order valence-corrected chi connectivity index (χ4v) is 11.5. The average molecular weight is 863 g/mol. The van der Waals surface area contributed by atoms with Crippen molar-refractivity contribution in [2.45, 2.75) is 119 Å². The summed E-state index contributed by atoms with van der Waals surface area (Å²) in [5, 5.41) is 1.31. The van der Waals surface area contributed by atoms with Gasteiger partial charge in [-0.1, -0.05) is 138 Å². The van der Waals surface area contributed by atoms with Crippen LogP contribution in [0, 0.1) is 13.8 Å². The summed E-state index contributed by atoms with van der Waals surface area (Å²) in [5.74, 6) is 1.62. The molecule has 3 aliphatic rings. The zero-order chi connectivity index (χ0) is 45.4. The first-order chi connectivity index (χ1) is 30.1. The van der Waals surface area contributed by atoms with Crippen molar-refractivity contribution in [3.05, 3.63) is 137 Å². The molecule has 6 heteroatoms. The van der Waals surface area contributed by atoms with Gasteiger partial charge < -0.3 is 19.3 Å². The molecule has 326 valence electrons. The fraction of sp³-hybridized carbons (Fsp3) is 0.345. The molecule has 7 aromatic rings. The van der Waals surface area contributed by atoms with Crippen LogP contribution in [0.3, 0.4) is 0 Å². The Hall–Kier alpha value is -5.46. The third kappa shape index (κ3) is 6.85. The first kappa shape index (κ1) is 42.5. The molecular weight excluding hydrogens is 800 g/mol. The standard InChI is InChI=1S/C58H63BN2O2S/c1-34-26-39(57(9,10)11)27-35(2)52(34)61-47-31-40(58(12,13)14)30-46-51(47)59(54-53(61)42-29-38(56(6,7)8)21-23-50(42)64-54)43-32-48-49(63-25-24-62-48)33-45(43)60(46)44-22-20-37(55(3,4)5)28-41(44)36-18-16-15-17-19-36/h15-23,26-33H,24-25H2,1-14H3. The highest BCUT2D eigenvalue weighted by atomic mass is 32.1. The number of aryl methyl sites for hydroxylation is 2. The largest absolute Gasteiger partial charge is 0.486 e. The van der Waals surface area contributed by atoms with Crippen LogP contribution in [-0.4, -0.2) is 19.9 Å². The van der Waals surface area contributed by atoms with Gasteiger partial charge in [-0.25, -0.2) is 0 Å². The smallest absolute Gasteiger partial charge is 0.264 e. The Balaban J connectivity index is 1.38. The second-order valence-corrected chi connectivity index (χ2v) is 23.8. The van der Waals surface area contributed by atoms with E-state index in [-0.39, 0.29) is 28.4 Å². The highest BCUT2D eigenvalue weighted by Crippen LogP contribution is 2.53. The van der Waals surface area contributed by atoms with Crippen molar-refractivity contribution in [1.29, 1.82) is 0 Å². The molecule has 10 rings (SSSR count). The molecule has 0 bridgehead atoms. The summed E-state index contributed by atoms with van der Waals surface area (Å²) in [4.78, 5) is 5.26. The van der Waals surface area contributed by atoms with Crippen LogP contribution in [0.2, 0.25) is 0 Å². The number of thiophene rings is 1. The highest BCUT2D eigenvalue weighted by Gasteiger charge is 2.47. The van der Waals surface area contributed by atoms with Gasteiger partial charge in [0.1, 0.15) is 13.2 Å². The molecular formula is C58H63BN2O2S. The number of fused-ring (bicyclic) bond motifs is 7. The van der Waals surface area contributed by atoms with E-state index in [1.165, 1.54) is 93.0 Å². The number of nitrogens with zero attached hydrogens (tertiary/aromatic N) is 2. The van der Waals surface area contributed by atoms with E-state index in [2.05, 4.69) is 210 Å². The fourth-order valence-electron chi connectivity index (χ4n) is 10.2. The van der Waals surface area contributed by atoms with Crippen LogP contribution in [0.25, 0.3) is 21.2 Å². The third-order valence-electron chi connectivity index (χ3n) is 13.8. The molecule has 4 heterocycles. The summed E-state index contributed by atoms with van der Waals surface area (Å²) in [7, 11) is 0. The molecule has 0 unspecified atom stereocenters. The maximum absolute atomic E-state index is 6.48. The lowest BCUT2D eigenvalue weighted by molar-refractivity contribution is 0.172. The first-order valence-corrected chi connectivity index (χ1v) is 24.0. The number of hydrogen-bond donors (Lipinski definition) is 0. The first-order valence-electron chi connectivity index (χ1n) is 23.2. The van der Waals surface area contributed by atoms with Crippen LogP contribution >= 0.6 is 11.3 Å². The molecule has 0 spiro atoms. The van der Waals surface area contributed by atoms with Crippen LogP contribution in [-0.2, 0) is 21.7 Å². The molecule has 0 N–H and O–H groups in total. The molecule has 0 amide bonds. The normalized spacial score (nSPS) is 14.8. The van der Waals surface area contributed by atoms with Crippen molar-refractivity contribution >= 4 is 78.0 Å². The van der Waals surface area contributed by atoms with Crippen molar-refractivity contribution in [3.8, 4) is 22.6 Å². The van der Waals surface area contributed by atoms with Crippen molar-refractivity contribution in [2.24, 2.45) is 0 Å². The molecule has 0 fully saturated rings. The summed E-state index contributed by atoms with van der Waals surface area (Å²) >= 11 is 1.96. The maximum Gasteiger partial charge on any atom is 0.264 e. The van der Waals surface area contributed by atoms with Gasteiger partial charge in [0, 0.05) is 43.6 Å². The van der Waals surface area contributed by atoms with Gasteiger partial charge in [-0.3, -0.25) is 0 Å². The van der Waals surface area contributed by atoms with Gasteiger partial charge >= 0.3 is 0 Å². The van der Waals surface area contributed by atoms with Gasteiger partial charge in [-0.2, -0.15) is 0 Å². The molecule has 64 heavy (non-hydrogen) atoms. The van der Waals surface area contributed by atoms with Crippen LogP contribution in [0.5, 0.6) is 11.5 Å². The number of ether oxygens (including phenoxy) is 2. The maximum atomic E-state index is 6.48. The SMILES string of the molecule is Cc1cc(C(C)(C)C)cc(C)c1N1c2cc(C(C)(C)C)cc3c2B(c2cc4c(cc2N3c2ccc(C(C)(C)C)cc2-c2ccccc2)OCCO4)c2sc3ccc(C(C)(C)C)cc3c21. The topological polar surface area (TPSA) is 24.9 Å². The summed E-state index contributed by atoms with van der Waals surface area (Å²) in [6.07, 6.45) is 0. The van der Waals surface area contributed by atoms with E-state index in [4.69, 9.17) is 9.47 Å². The Morgan fingerprint density at radius 2 is 1.05 bits per heavy atom. The van der Waals surface area contributed by atoms with Crippen molar-refractivity contribution in [3.63, 3.8) is 0 Å². The van der Waals surface area contributed by atoms with Crippen molar-refractivity contribution in [1.82, 2.24) is 0 Å². The minimum absolute atomic E-state index is 0.0134. The minimum atomic E-state index is -0.152. The summed E-state index contributed by atoms with van der Waals surface area (Å²) in [5.41, 5.74) is 19.9. The third-order valence-corrected chi connectivity index (χ3v) is 15.0. The molecule has 0 atom stereocenters. The van der Waals surface area contributed by atoms with Crippen molar-refractivity contribution in [2.75, 3.05) is 23.0 Å². The highest BCUT2D eigenvalue weighted by molar-refractivity contribution is 7.33. The van der Waals surface area contributed by atoms with Gasteiger partial charge in [0.15, 0.2) is 11.5 Å². The lowest BCUT2D eigenvalue weighted by Crippen LogP contribution is -2.60. The minimum Gasteiger partial charge on any atom is -0.486 e. The summed E-state index contributed by atoms with van der Waals surface area (Å²) < 4.78 is 15.6. The molecule has 3 aliphatic heterocycles. The van der Waals surface area contributed by atoms with E-state index in [1.54, 1.807) is 0 Å². The molecule has 0 aliphatic carbocycles. The Kier molecular flexibility index (Phi) is 9.64. The molecule has 0 saturated carbocycles. The predicted octanol–water partition coefficient (Wildman–Crippen LogP) is 14.2. The number of rotatable bonds is 3. The van der Waals surface area contributed by atoms with Gasteiger partial charge in [0.25, 0.3) is 6.71 Å². The second-order valence-electron chi connectivity index (χ2n) is 22.7. The zero-order valence-electron chi connectivity index (χ0n) is 40.4. The van der Waals surface area contributed by atoms with E-state index in [0.29, 0.717) is 13.2 Å². The van der Waals surface area contributed by atoms with Gasteiger partial charge in [0.2, 0.25) is 0 Å².